The van der Waals surface area contributed by atoms with Crippen molar-refractivity contribution in [2.75, 3.05) is 20.3 Å². The summed E-state index contributed by atoms with van der Waals surface area (Å²) in [6, 6.07) is 4.32. The maximum absolute atomic E-state index is 12.6. The number of aromatic nitrogens is 1. The highest BCUT2D eigenvalue weighted by atomic mass is 16.6. The van der Waals surface area contributed by atoms with E-state index in [2.05, 4.69) is 4.98 Å². The Morgan fingerprint density at radius 1 is 1.25 bits per heavy atom. The van der Waals surface area contributed by atoms with Gasteiger partial charge in [-0.05, 0) is 46.8 Å². The molecule has 2 heterocycles. The highest BCUT2D eigenvalue weighted by Gasteiger charge is 2.43. The van der Waals surface area contributed by atoms with E-state index in [4.69, 9.17) is 18.9 Å². The lowest BCUT2D eigenvalue weighted by Gasteiger charge is -2.26. The van der Waals surface area contributed by atoms with Crippen molar-refractivity contribution in [2.45, 2.75) is 58.8 Å². The molecule has 1 fully saturated rings. The van der Waals surface area contributed by atoms with Gasteiger partial charge in [-0.1, -0.05) is 0 Å². The number of ether oxygens (including phenoxy) is 4. The molecule has 9 heteroatoms. The summed E-state index contributed by atoms with van der Waals surface area (Å²) < 4.78 is 22.6. The van der Waals surface area contributed by atoms with Gasteiger partial charge < -0.3 is 24.1 Å². The van der Waals surface area contributed by atoms with Crippen LogP contribution < -0.4 is 14.2 Å². The lowest BCUT2D eigenvalue weighted by Crippen LogP contribution is -2.43. The number of rotatable bonds is 6. The Labute approximate surface area is 187 Å². The molecule has 32 heavy (non-hydrogen) atoms. The maximum atomic E-state index is 12.6. The third-order valence-corrected chi connectivity index (χ3v) is 5.10. The lowest BCUT2D eigenvalue weighted by molar-refractivity contribution is -0.142. The third-order valence-electron chi connectivity index (χ3n) is 5.10. The number of amides is 1. The van der Waals surface area contributed by atoms with Crippen molar-refractivity contribution in [3.8, 4) is 17.4 Å². The van der Waals surface area contributed by atoms with Crippen LogP contribution in [-0.4, -0.2) is 65.1 Å². The SMILES string of the molecule is CCOc1cc(O[C@@H]2C[C@@H](C(=O)O)N(C(=O)OC(C)(C)C)C2)c2ccc(OC)c(C)c2n1. The summed E-state index contributed by atoms with van der Waals surface area (Å²) in [5.74, 6) is 0.483. The molecule has 3 rings (SSSR count). The van der Waals surface area contributed by atoms with Gasteiger partial charge in [0.1, 0.15) is 29.2 Å². The molecular formula is C23H30N2O7. The van der Waals surface area contributed by atoms with Gasteiger partial charge in [0.2, 0.25) is 5.88 Å². The standard InChI is InChI=1S/C23H30N2O7/c1-7-30-19-11-18(15-8-9-17(29-6)13(2)20(15)24-19)31-14-10-16(21(26)27)25(12-14)22(28)32-23(3,4)5/h8-9,11,14,16H,7,10,12H2,1-6H3,(H,26,27)/t14-,16+/m1/s1. The summed E-state index contributed by atoms with van der Waals surface area (Å²) in [6.45, 7) is 9.48. The first-order chi connectivity index (χ1) is 15.0. The molecule has 0 radical (unpaired) electrons. The molecule has 0 aliphatic carbocycles. The van der Waals surface area contributed by atoms with Crippen LogP contribution in [0.15, 0.2) is 18.2 Å². The van der Waals surface area contributed by atoms with Gasteiger partial charge in [0.15, 0.2) is 0 Å². The Balaban J connectivity index is 1.93. The topological polar surface area (TPSA) is 107 Å². The van der Waals surface area contributed by atoms with Gasteiger partial charge in [0, 0.05) is 23.4 Å². The van der Waals surface area contributed by atoms with Gasteiger partial charge in [-0.3, -0.25) is 4.90 Å². The maximum Gasteiger partial charge on any atom is 0.411 e. The van der Waals surface area contributed by atoms with Crippen LogP contribution in [0.1, 0.15) is 39.7 Å². The van der Waals surface area contributed by atoms with E-state index in [1.165, 1.54) is 4.90 Å². The number of carbonyl (C=O) groups is 2. The summed E-state index contributed by atoms with van der Waals surface area (Å²) >= 11 is 0. The van der Waals surface area contributed by atoms with Crippen LogP contribution in [0.25, 0.3) is 10.9 Å². The number of carbonyl (C=O) groups excluding carboxylic acids is 1. The monoisotopic (exact) mass is 446 g/mol. The highest BCUT2D eigenvalue weighted by Crippen LogP contribution is 2.36. The Bertz CT molecular complexity index is 1020. The third kappa shape index (κ3) is 4.98. The number of benzene rings is 1. The van der Waals surface area contributed by atoms with E-state index >= 15 is 0 Å². The van der Waals surface area contributed by atoms with Gasteiger partial charge >= 0.3 is 12.1 Å². The van der Waals surface area contributed by atoms with E-state index in [0.29, 0.717) is 29.5 Å². The number of hydrogen-bond acceptors (Lipinski definition) is 7. The predicted octanol–water partition coefficient (Wildman–Crippen LogP) is 3.79. The number of aryl methyl sites for hydroxylation is 1. The fourth-order valence-corrected chi connectivity index (χ4v) is 3.72. The number of carboxylic acids is 1. The van der Waals surface area contributed by atoms with Crippen molar-refractivity contribution in [2.24, 2.45) is 0 Å². The quantitative estimate of drug-likeness (QED) is 0.714. The molecule has 1 aromatic carbocycles. The second-order valence-corrected chi connectivity index (χ2v) is 8.64. The number of fused-ring (bicyclic) bond motifs is 1. The molecule has 2 aromatic rings. The highest BCUT2D eigenvalue weighted by molar-refractivity contribution is 5.90. The van der Waals surface area contributed by atoms with Crippen molar-refractivity contribution in [3.63, 3.8) is 0 Å². The van der Waals surface area contributed by atoms with Crippen molar-refractivity contribution < 1.29 is 33.6 Å². The number of hydrogen-bond donors (Lipinski definition) is 1. The summed E-state index contributed by atoms with van der Waals surface area (Å²) in [6.07, 6.45) is -1.07. The van der Waals surface area contributed by atoms with E-state index < -0.39 is 29.8 Å². The van der Waals surface area contributed by atoms with E-state index in [1.54, 1.807) is 33.9 Å². The average Bonchev–Trinajstić information content (AvgIpc) is 3.12. The normalized spacial score (nSPS) is 18.5. The Morgan fingerprint density at radius 3 is 2.56 bits per heavy atom. The van der Waals surface area contributed by atoms with E-state index in [-0.39, 0.29) is 13.0 Å². The van der Waals surface area contributed by atoms with Gasteiger partial charge in [-0.15, -0.1) is 0 Å². The molecule has 1 aliphatic rings. The average molecular weight is 447 g/mol. The van der Waals surface area contributed by atoms with Crippen LogP contribution in [0.3, 0.4) is 0 Å². The lowest BCUT2D eigenvalue weighted by atomic mass is 10.1. The molecule has 1 aliphatic heterocycles. The summed E-state index contributed by atoms with van der Waals surface area (Å²) in [4.78, 5) is 30.2. The Kier molecular flexibility index (Phi) is 6.66. The van der Waals surface area contributed by atoms with Gasteiger partial charge in [-0.2, -0.15) is 0 Å². The smallest absolute Gasteiger partial charge is 0.411 e. The van der Waals surface area contributed by atoms with Crippen LogP contribution in [-0.2, 0) is 9.53 Å². The second kappa shape index (κ2) is 9.10. The minimum absolute atomic E-state index is 0.0921. The van der Waals surface area contributed by atoms with Crippen molar-refractivity contribution in [3.05, 3.63) is 23.8 Å². The zero-order valence-electron chi connectivity index (χ0n) is 19.3. The molecular weight excluding hydrogens is 416 g/mol. The number of aliphatic carboxylic acids is 1. The van der Waals surface area contributed by atoms with Crippen molar-refractivity contribution in [1.29, 1.82) is 0 Å². The molecule has 0 spiro atoms. The first-order valence-electron chi connectivity index (χ1n) is 10.5. The van der Waals surface area contributed by atoms with Gasteiger partial charge in [0.25, 0.3) is 0 Å². The van der Waals surface area contributed by atoms with Crippen LogP contribution in [0.2, 0.25) is 0 Å². The fourth-order valence-electron chi connectivity index (χ4n) is 3.72. The summed E-state index contributed by atoms with van der Waals surface area (Å²) in [5, 5.41) is 10.4. The minimum atomic E-state index is -1.10. The fraction of sp³-hybridized carbons (Fsp3) is 0.522. The molecule has 1 N–H and O–H groups in total. The van der Waals surface area contributed by atoms with Crippen molar-refractivity contribution >= 4 is 23.0 Å². The molecule has 1 amide bonds. The first kappa shape index (κ1) is 23.4. The number of nitrogens with zero attached hydrogens (tertiary/aromatic N) is 2. The summed E-state index contributed by atoms with van der Waals surface area (Å²) in [5.41, 5.74) is 0.771. The molecule has 0 bridgehead atoms. The van der Waals surface area contributed by atoms with Crippen LogP contribution >= 0.6 is 0 Å². The zero-order valence-corrected chi connectivity index (χ0v) is 19.3. The summed E-state index contributed by atoms with van der Waals surface area (Å²) in [7, 11) is 1.59. The molecule has 1 saturated heterocycles. The zero-order chi connectivity index (χ0) is 23.6. The van der Waals surface area contributed by atoms with E-state index in [1.807, 2.05) is 26.0 Å². The first-order valence-corrected chi connectivity index (χ1v) is 10.5. The molecule has 0 saturated carbocycles. The number of methoxy groups -OCH3 is 1. The molecule has 0 unspecified atom stereocenters. The second-order valence-electron chi connectivity index (χ2n) is 8.64. The molecule has 2 atom stereocenters. The number of carboxylic acid groups (broad SMARTS) is 1. The van der Waals surface area contributed by atoms with E-state index in [9.17, 15) is 14.7 Å². The van der Waals surface area contributed by atoms with E-state index in [0.717, 1.165) is 10.9 Å². The Morgan fingerprint density at radius 2 is 1.97 bits per heavy atom. The van der Waals surface area contributed by atoms with Gasteiger partial charge in [0.05, 0.1) is 25.8 Å². The van der Waals surface area contributed by atoms with Gasteiger partial charge in [-0.25, -0.2) is 14.6 Å². The minimum Gasteiger partial charge on any atom is -0.496 e. The largest absolute Gasteiger partial charge is 0.496 e. The van der Waals surface area contributed by atoms with Crippen molar-refractivity contribution in [1.82, 2.24) is 9.88 Å². The molecule has 9 nitrogen and oxygen atoms in total. The number of pyridine rings is 1. The van der Waals surface area contributed by atoms with Crippen LogP contribution in [0.5, 0.6) is 17.4 Å². The predicted molar refractivity (Wildman–Crippen MR) is 118 cm³/mol. The van der Waals surface area contributed by atoms with Crippen LogP contribution in [0, 0.1) is 6.92 Å². The number of likely N-dealkylation sites (tertiary alicyclic amines) is 1. The molecule has 174 valence electrons. The molecule has 1 aromatic heterocycles. The van der Waals surface area contributed by atoms with Crippen LogP contribution in [0.4, 0.5) is 4.79 Å². The Hall–Kier alpha value is -3.23.